The normalized spacial score (nSPS) is 10.9. The highest BCUT2D eigenvalue weighted by Gasteiger charge is 2.20. The number of hydrogen-bond donors (Lipinski definition) is 0. The fraction of sp³-hybridized carbons (Fsp3) is 0.107. The van der Waals surface area contributed by atoms with Crippen molar-refractivity contribution in [1.29, 1.82) is 0 Å². The Morgan fingerprint density at radius 3 is 2.40 bits per heavy atom. The molecule has 7 heteroatoms. The molecule has 174 valence electrons. The number of nitrogens with zero attached hydrogens (tertiary/aromatic N) is 3. The molecule has 0 fully saturated rings. The lowest BCUT2D eigenvalue weighted by atomic mass is 10.1. The molecule has 0 bridgehead atoms. The topological polar surface area (TPSA) is 66.2 Å². The molecule has 0 unspecified atom stereocenters. The van der Waals surface area contributed by atoms with Gasteiger partial charge in [-0.05, 0) is 23.3 Å². The van der Waals surface area contributed by atoms with Gasteiger partial charge < -0.3 is 9.47 Å². The first-order chi connectivity index (χ1) is 17.2. The van der Waals surface area contributed by atoms with Gasteiger partial charge in [0.15, 0.2) is 0 Å². The van der Waals surface area contributed by atoms with Gasteiger partial charge >= 0.3 is 5.97 Å². The van der Waals surface area contributed by atoms with E-state index >= 15 is 0 Å². The van der Waals surface area contributed by atoms with Crippen LogP contribution in [0.25, 0.3) is 27.8 Å². The fourth-order valence-electron chi connectivity index (χ4n) is 3.90. The van der Waals surface area contributed by atoms with E-state index in [1.165, 1.54) is 18.1 Å². The van der Waals surface area contributed by atoms with Gasteiger partial charge in [-0.25, -0.2) is 9.97 Å². The number of fused-ring (bicyclic) bond motifs is 1. The molecule has 5 rings (SSSR count). The van der Waals surface area contributed by atoms with Crippen molar-refractivity contribution in [2.45, 2.75) is 11.6 Å². The lowest BCUT2D eigenvalue weighted by molar-refractivity contribution is -0.141. The van der Waals surface area contributed by atoms with Crippen molar-refractivity contribution < 1.29 is 14.3 Å². The summed E-state index contributed by atoms with van der Waals surface area (Å²) in [7, 11) is 1.65. The average Bonchev–Trinajstić information content (AvgIpc) is 3.32. The first-order valence-corrected chi connectivity index (χ1v) is 12.1. The van der Waals surface area contributed by atoms with Crippen LogP contribution in [0.4, 0.5) is 0 Å². The van der Waals surface area contributed by atoms with E-state index in [0.29, 0.717) is 0 Å². The van der Waals surface area contributed by atoms with E-state index in [-0.39, 0.29) is 18.3 Å². The predicted molar refractivity (Wildman–Crippen MR) is 138 cm³/mol. The summed E-state index contributed by atoms with van der Waals surface area (Å²) in [6.07, 6.45) is 3.57. The summed E-state index contributed by atoms with van der Waals surface area (Å²) in [5.74, 6) is 0.588. The molecule has 5 aromatic rings. The van der Waals surface area contributed by atoms with Gasteiger partial charge in [-0.1, -0.05) is 84.6 Å². The Kier molecular flexibility index (Phi) is 6.77. The third-order valence-electron chi connectivity index (χ3n) is 5.55. The summed E-state index contributed by atoms with van der Waals surface area (Å²) in [6, 6.07) is 27.5. The third kappa shape index (κ3) is 4.90. The molecule has 0 amide bonds. The number of methoxy groups -OCH3 is 1. The van der Waals surface area contributed by atoms with Crippen LogP contribution in [0.3, 0.4) is 0 Å². The summed E-state index contributed by atoms with van der Waals surface area (Å²) in [5.41, 5.74) is 4.58. The lowest BCUT2D eigenvalue weighted by Gasteiger charge is -2.10. The van der Waals surface area contributed by atoms with Gasteiger partial charge in [0, 0.05) is 11.8 Å². The molecule has 0 spiro atoms. The molecule has 0 radical (unpaired) electrons. The van der Waals surface area contributed by atoms with Gasteiger partial charge in [0.25, 0.3) is 0 Å². The Morgan fingerprint density at radius 1 is 0.914 bits per heavy atom. The monoisotopic (exact) mass is 481 g/mol. The maximum absolute atomic E-state index is 12.5. The number of esters is 1. The van der Waals surface area contributed by atoms with E-state index in [9.17, 15) is 4.79 Å². The second kappa shape index (κ2) is 10.4. The van der Waals surface area contributed by atoms with Gasteiger partial charge in [0.2, 0.25) is 0 Å². The van der Waals surface area contributed by atoms with Crippen molar-refractivity contribution in [2.24, 2.45) is 0 Å². The molecule has 0 saturated carbocycles. The number of aromatic nitrogens is 3. The summed E-state index contributed by atoms with van der Waals surface area (Å²) >= 11 is 1.35. The molecule has 0 N–H and O–H groups in total. The van der Waals surface area contributed by atoms with Gasteiger partial charge in [-0.2, -0.15) is 0 Å². The zero-order valence-corrected chi connectivity index (χ0v) is 19.9. The van der Waals surface area contributed by atoms with Crippen LogP contribution in [-0.2, 0) is 16.1 Å². The Balaban J connectivity index is 1.50. The first kappa shape index (κ1) is 22.7. The molecular weight excluding hydrogens is 458 g/mol. The van der Waals surface area contributed by atoms with Crippen molar-refractivity contribution in [1.82, 2.24) is 14.5 Å². The lowest BCUT2D eigenvalue weighted by Crippen LogP contribution is -2.07. The molecule has 3 aromatic carbocycles. The molecule has 0 atom stereocenters. The van der Waals surface area contributed by atoms with Crippen molar-refractivity contribution in [3.8, 4) is 22.6 Å². The number of para-hydroxylation sites is 2. The molecule has 0 aliphatic heterocycles. The number of rotatable bonds is 8. The number of hydrogen-bond acceptors (Lipinski definition) is 6. The van der Waals surface area contributed by atoms with E-state index in [1.807, 2.05) is 83.6 Å². The predicted octanol–water partition coefficient (Wildman–Crippen LogP) is 5.93. The summed E-state index contributed by atoms with van der Waals surface area (Å²) < 4.78 is 13.1. The Hall–Kier alpha value is -4.10. The average molecular weight is 482 g/mol. The molecule has 0 aliphatic rings. The Morgan fingerprint density at radius 2 is 1.63 bits per heavy atom. The quantitative estimate of drug-likeness (QED) is 0.155. The van der Waals surface area contributed by atoms with Crippen LogP contribution >= 0.6 is 11.8 Å². The van der Waals surface area contributed by atoms with Crippen LogP contribution < -0.4 is 4.74 Å². The van der Waals surface area contributed by atoms with Crippen LogP contribution in [0.15, 0.2) is 102 Å². The SMILES string of the molecule is COc1ccccc1-n1cc(-c2ccccc2)c2c(SCC(=O)OCc3ccccc3)ncnc21. The highest BCUT2D eigenvalue weighted by Crippen LogP contribution is 2.38. The van der Waals surface area contributed by atoms with Crippen molar-refractivity contribution >= 4 is 28.8 Å². The van der Waals surface area contributed by atoms with Crippen LogP contribution in [0, 0.1) is 0 Å². The van der Waals surface area contributed by atoms with Gasteiger partial charge in [0.05, 0.1) is 23.9 Å². The van der Waals surface area contributed by atoms with E-state index in [4.69, 9.17) is 9.47 Å². The standard InChI is InChI=1S/C28H23N3O3S/c1-33-24-15-9-8-14-23(24)31-16-22(21-12-6-3-7-13-21)26-27(31)29-19-30-28(26)35-18-25(32)34-17-20-10-4-2-5-11-20/h2-16,19H,17-18H2,1H3. The number of ether oxygens (including phenoxy) is 2. The smallest absolute Gasteiger partial charge is 0.316 e. The van der Waals surface area contributed by atoms with E-state index in [0.717, 1.165) is 44.2 Å². The summed E-state index contributed by atoms with van der Waals surface area (Å²) in [6.45, 7) is 0.249. The third-order valence-corrected chi connectivity index (χ3v) is 6.51. The minimum Gasteiger partial charge on any atom is -0.495 e. The first-order valence-electron chi connectivity index (χ1n) is 11.1. The summed E-state index contributed by atoms with van der Waals surface area (Å²) in [5, 5.41) is 1.60. The van der Waals surface area contributed by atoms with Crippen molar-refractivity contribution in [2.75, 3.05) is 12.9 Å². The Labute approximate surface area is 207 Å². The van der Waals surface area contributed by atoms with Crippen LogP contribution in [0.2, 0.25) is 0 Å². The van der Waals surface area contributed by atoms with E-state index in [2.05, 4.69) is 22.1 Å². The maximum atomic E-state index is 12.5. The molecule has 2 aromatic heterocycles. The molecule has 6 nitrogen and oxygen atoms in total. The van der Waals surface area contributed by atoms with Crippen LogP contribution in [0.5, 0.6) is 5.75 Å². The van der Waals surface area contributed by atoms with Crippen molar-refractivity contribution in [3.63, 3.8) is 0 Å². The zero-order chi connectivity index (χ0) is 24.0. The molecule has 0 aliphatic carbocycles. The van der Waals surface area contributed by atoms with Gasteiger partial charge in [-0.15, -0.1) is 0 Å². The molecule has 2 heterocycles. The summed E-state index contributed by atoms with van der Waals surface area (Å²) in [4.78, 5) is 21.6. The van der Waals surface area contributed by atoms with Crippen molar-refractivity contribution in [3.05, 3.63) is 103 Å². The van der Waals surface area contributed by atoms with Gasteiger partial charge in [-0.3, -0.25) is 9.36 Å². The largest absolute Gasteiger partial charge is 0.495 e. The van der Waals surface area contributed by atoms with E-state index < -0.39 is 0 Å². The fourth-order valence-corrected chi connectivity index (χ4v) is 4.70. The van der Waals surface area contributed by atoms with Gasteiger partial charge in [0.1, 0.15) is 29.4 Å². The molecule has 0 saturated heterocycles. The number of carbonyl (C=O) groups excluding carboxylic acids is 1. The molecule has 35 heavy (non-hydrogen) atoms. The minimum absolute atomic E-state index is 0.146. The number of thioether (sulfide) groups is 1. The van der Waals surface area contributed by atoms with Crippen LogP contribution in [0.1, 0.15) is 5.56 Å². The second-order valence-electron chi connectivity index (χ2n) is 7.76. The second-order valence-corrected chi connectivity index (χ2v) is 8.73. The zero-order valence-electron chi connectivity index (χ0n) is 19.1. The highest BCUT2D eigenvalue weighted by molar-refractivity contribution is 8.00. The highest BCUT2D eigenvalue weighted by atomic mass is 32.2. The van der Waals surface area contributed by atoms with E-state index in [1.54, 1.807) is 7.11 Å². The minimum atomic E-state index is -0.295. The maximum Gasteiger partial charge on any atom is 0.316 e. The number of benzene rings is 3. The molecular formula is C28H23N3O3S. The Bertz CT molecular complexity index is 1450. The van der Waals surface area contributed by atoms with Crippen LogP contribution in [-0.4, -0.2) is 33.4 Å². The number of carbonyl (C=O) groups is 1.